The Balaban J connectivity index is 1.63. The van der Waals surface area contributed by atoms with E-state index >= 15 is 0 Å². The molecule has 3 N–H and O–H groups in total. The molecule has 2 amide bonds. The maximum atomic E-state index is 12.9. The Morgan fingerprint density at radius 1 is 1.07 bits per heavy atom. The van der Waals surface area contributed by atoms with Gasteiger partial charge in [0.2, 0.25) is 0 Å². The Morgan fingerprint density at radius 3 is 2.39 bits per heavy atom. The van der Waals surface area contributed by atoms with Gasteiger partial charge in [0, 0.05) is 37.9 Å². The number of ether oxygens (including phenoxy) is 2. The van der Waals surface area contributed by atoms with E-state index in [1.807, 2.05) is 0 Å². The van der Waals surface area contributed by atoms with E-state index in [9.17, 15) is 9.59 Å². The van der Waals surface area contributed by atoms with Crippen LogP contribution in [0.1, 0.15) is 27.3 Å². The highest BCUT2D eigenvalue weighted by atomic mass is 16.5. The van der Waals surface area contributed by atoms with Gasteiger partial charge in [-0.2, -0.15) is 0 Å². The largest absolute Gasteiger partial charge is 0.493 e. The number of H-pyrrole nitrogens is 1. The zero-order valence-electron chi connectivity index (χ0n) is 16.0. The number of rotatable bonds is 7. The molecule has 0 radical (unpaired) electrons. The molecule has 0 aliphatic carbocycles. The maximum Gasteiger partial charge on any atom is 0.270 e. The van der Waals surface area contributed by atoms with Crippen molar-refractivity contribution in [2.45, 2.75) is 6.42 Å². The first-order valence-electron chi connectivity index (χ1n) is 9.37. The van der Waals surface area contributed by atoms with Gasteiger partial charge in [0.1, 0.15) is 5.69 Å². The summed E-state index contributed by atoms with van der Waals surface area (Å²) in [5.74, 6) is 0.979. The van der Waals surface area contributed by atoms with Crippen molar-refractivity contribution in [1.82, 2.24) is 14.8 Å². The monoisotopic (exact) mass is 386 g/mol. The van der Waals surface area contributed by atoms with Gasteiger partial charge in [-0.25, -0.2) is 0 Å². The summed E-state index contributed by atoms with van der Waals surface area (Å²) < 4.78 is 11.0. The lowest BCUT2D eigenvalue weighted by atomic mass is 10.1. The van der Waals surface area contributed by atoms with Crippen LogP contribution in [-0.2, 0) is 0 Å². The maximum absolute atomic E-state index is 12.9. The van der Waals surface area contributed by atoms with Gasteiger partial charge < -0.3 is 30.0 Å². The topological polar surface area (TPSA) is 101 Å². The molecule has 0 unspecified atom stereocenters. The number of carbonyl (C=O) groups is 2. The Bertz CT molecular complexity index is 799. The Hall–Kier alpha value is -3.00. The van der Waals surface area contributed by atoms with E-state index in [-0.39, 0.29) is 11.8 Å². The summed E-state index contributed by atoms with van der Waals surface area (Å²) in [6.45, 7) is 2.97. The quantitative estimate of drug-likeness (QED) is 0.700. The summed E-state index contributed by atoms with van der Waals surface area (Å²) in [6.07, 6.45) is 2.45. The van der Waals surface area contributed by atoms with Crippen LogP contribution < -0.4 is 15.2 Å². The number of carbonyl (C=O) groups excluding carboxylic acids is 2. The van der Waals surface area contributed by atoms with Crippen molar-refractivity contribution in [2.24, 2.45) is 5.73 Å². The number of nitrogens with two attached hydrogens (primary N) is 1. The molecular weight excluding hydrogens is 360 g/mol. The van der Waals surface area contributed by atoms with E-state index in [0.29, 0.717) is 62.1 Å². The predicted octanol–water partition coefficient (Wildman–Crippen LogP) is 1.35. The average Bonchev–Trinajstić information content (AvgIpc) is 3.28. The van der Waals surface area contributed by atoms with Crippen molar-refractivity contribution >= 4 is 11.8 Å². The molecule has 8 heteroatoms. The molecule has 1 aromatic heterocycles. The minimum Gasteiger partial charge on any atom is -0.493 e. The van der Waals surface area contributed by atoms with Crippen molar-refractivity contribution in [3.05, 3.63) is 47.8 Å². The Morgan fingerprint density at radius 2 is 1.79 bits per heavy atom. The Kier molecular flexibility index (Phi) is 6.54. The summed E-state index contributed by atoms with van der Waals surface area (Å²) in [5, 5.41) is 0. The predicted molar refractivity (Wildman–Crippen MR) is 105 cm³/mol. The van der Waals surface area contributed by atoms with E-state index in [1.165, 1.54) is 0 Å². The summed E-state index contributed by atoms with van der Waals surface area (Å²) in [5.41, 5.74) is 6.60. The molecule has 28 heavy (non-hydrogen) atoms. The third-order valence-corrected chi connectivity index (χ3v) is 4.70. The number of hydrogen-bond acceptors (Lipinski definition) is 5. The Labute approximate surface area is 164 Å². The third-order valence-electron chi connectivity index (χ3n) is 4.70. The number of aromatic amines is 1. The third kappa shape index (κ3) is 4.45. The van der Waals surface area contributed by atoms with Crippen molar-refractivity contribution in [3.63, 3.8) is 0 Å². The molecule has 1 saturated heterocycles. The highest BCUT2D eigenvalue weighted by molar-refractivity contribution is 5.95. The van der Waals surface area contributed by atoms with E-state index in [2.05, 4.69) is 4.98 Å². The van der Waals surface area contributed by atoms with Gasteiger partial charge >= 0.3 is 0 Å². The van der Waals surface area contributed by atoms with E-state index in [0.717, 1.165) is 6.42 Å². The van der Waals surface area contributed by atoms with Gasteiger partial charge in [0.25, 0.3) is 11.8 Å². The summed E-state index contributed by atoms with van der Waals surface area (Å²) >= 11 is 0. The number of aromatic nitrogens is 1. The van der Waals surface area contributed by atoms with Gasteiger partial charge in [-0.1, -0.05) is 0 Å². The molecule has 0 atom stereocenters. The smallest absolute Gasteiger partial charge is 0.270 e. The number of methoxy groups -OCH3 is 1. The van der Waals surface area contributed by atoms with Gasteiger partial charge in [0.05, 0.1) is 13.7 Å². The number of hydrogen-bond donors (Lipinski definition) is 2. The average molecular weight is 386 g/mol. The van der Waals surface area contributed by atoms with Gasteiger partial charge in [0.15, 0.2) is 11.5 Å². The SMILES string of the molecule is COc1ccc(C(=O)N2CCN(C(=O)c3ccc[nH]3)CC2)cc1OCCCN. The molecule has 0 saturated carbocycles. The van der Waals surface area contributed by atoms with Crippen LogP contribution >= 0.6 is 0 Å². The molecule has 150 valence electrons. The molecule has 1 aliphatic rings. The second-order valence-electron chi connectivity index (χ2n) is 6.52. The van der Waals surface area contributed by atoms with Gasteiger partial charge in [-0.15, -0.1) is 0 Å². The summed E-state index contributed by atoms with van der Waals surface area (Å²) in [6, 6.07) is 8.71. The summed E-state index contributed by atoms with van der Waals surface area (Å²) in [4.78, 5) is 31.7. The van der Waals surface area contributed by atoms with E-state index in [4.69, 9.17) is 15.2 Å². The molecule has 2 aromatic rings. The van der Waals surface area contributed by atoms with Crippen LogP contribution in [0.3, 0.4) is 0 Å². The van der Waals surface area contributed by atoms with Crippen molar-refractivity contribution in [2.75, 3.05) is 46.4 Å². The van der Waals surface area contributed by atoms with Gasteiger partial charge in [-0.3, -0.25) is 9.59 Å². The standard InChI is InChI=1S/C20H26N4O4/c1-27-17-6-5-15(14-18(17)28-13-3-7-21)19(25)23-9-11-24(12-10-23)20(26)16-4-2-8-22-16/h2,4-6,8,14,22H,3,7,9-13,21H2,1H3. The van der Waals surface area contributed by atoms with Crippen LogP contribution in [0.25, 0.3) is 0 Å². The summed E-state index contributed by atoms with van der Waals surface area (Å²) in [7, 11) is 1.56. The van der Waals surface area contributed by atoms with Crippen LogP contribution in [0.5, 0.6) is 11.5 Å². The first-order valence-corrected chi connectivity index (χ1v) is 9.37. The highest BCUT2D eigenvalue weighted by Crippen LogP contribution is 2.29. The fourth-order valence-corrected chi connectivity index (χ4v) is 3.12. The molecular formula is C20H26N4O4. The van der Waals surface area contributed by atoms with Crippen LogP contribution in [0.4, 0.5) is 0 Å². The number of amides is 2. The molecule has 1 fully saturated rings. The van der Waals surface area contributed by atoms with Gasteiger partial charge in [-0.05, 0) is 43.3 Å². The molecule has 0 spiro atoms. The van der Waals surface area contributed by atoms with Crippen LogP contribution in [0, 0.1) is 0 Å². The van der Waals surface area contributed by atoms with E-state index in [1.54, 1.807) is 53.4 Å². The number of nitrogens with one attached hydrogen (secondary N) is 1. The highest BCUT2D eigenvalue weighted by Gasteiger charge is 2.26. The first kappa shape index (κ1) is 19.8. The van der Waals surface area contributed by atoms with Crippen molar-refractivity contribution in [1.29, 1.82) is 0 Å². The molecule has 1 aromatic carbocycles. The van der Waals surface area contributed by atoms with E-state index < -0.39 is 0 Å². The zero-order valence-corrected chi connectivity index (χ0v) is 16.0. The van der Waals surface area contributed by atoms with Crippen LogP contribution in [0.2, 0.25) is 0 Å². The second kappa shape index (κ2) is 9.27. The molecule has 1 aliphatic heterocycles. The van der Waals surface area contributed by atoms with Crippen LogP contribution in [-0.4, -0.2) is 73.0 Å². The zero-order chi connectivity index (χ0) is 19.9. The number of nitrogens with zero attached hydrogens (tertiary/aromatic N) is 2. The normalized spacial score (nSPS) is 14.1. The molecule has 8 nitrogen and oxygen atoms in total. The fraction of sp³-hybridized carbons (Fsp3) is 0.400. The molecule has 3 rings (SSSR count). The molecule has 0 bridgehead atoms. The number of benzene rings is 1. The van der Waals surface area contributed by atoms with Crippen molar-refractivity contribution < 1.29 is 19.1 Å². The van der Waals surface area contributed by atoms with Crippen molar-refractivity contribution in [3.8, 4) is 11.5 Å². The lowest BCUT2D eigenvalue weighted by Gasteiger charge is -2.34. The minimum absolute atomic E-state index is 0.0443. The second-order valence-corrected chi connectivity index (χ2v) is 6.52. The minimum atomic E-state index is -0.0849. The molecule has 2 heterocycles. The first-order chi connectivity index (χ1) is 13.6. The number of piperazine rings is 1. The lowest BCUT2D eigenvalue weighted by Crippen LogP contribution is -2.50. The van der Waals surface area contributed by atoms with Crippen LogP contribution in [0.15, 0.2) is 36.5 Å². The lowest BCUT2D eigenvalue weighted by molar-refractivity contribution is 0.0532. The fourth-order valence-electron chi connectivity index (χ4n) is 3.12.